The van der Waals surface area contributed by atoms with E-state index in [0.717, 1.165) is 38.2 Å². The lowest BCUT2D eigenvalue weighted by atomic mass is 10.1. The summed E-state index contributed by atoms with van der Waals surface area (Å²) in [5, 5.41) is 8.70. The molecule has 0 radical (unpaired) electrons. The van der Waals surface area contributed by atoms with E-state index in [9.17, 15) is 4.79 Å². The van der Waals surface area contributed by atoms with E-state index < -0.39 is 5.97 Å². The first-order chi connectivity index (χ1) is 15.1. The first kappa shape index (κ1) is 19.6. The Balaban J connectivity index is 1.21. The molecular formula is C26H25NO4. The van der Waals surface area contributed by atoms with Crippen molar-refractivity contribution < 1.29 is 19.4 Å². The van der Waals surface area contributed by atoms with Gasteiger partial charge in [0.25, 0.3) is 0 Å². The minimum Gasteiger partial charge on any atom is -0.486 e. The van der Waals surface area contributed by atoms with Crippen LogP contribution in [0.2, 0.25) is 0 Å². The van der Waals surface area contributed by atoms with Crippen LogP contribution in [0, 0.1) is 0 Å². The second-order valence-corrected chi connectivity index (χ2v) is 8.25. The Labute approximate surface area is 181 Å². The Morgan fingerprint density at radius 2 is 1.65 bits per heavy atom. The molecule has 1 aliphatic carbocycles. The number of ether oxygens (including phenoxy) is 2. The molecule has 5 heteroatoms. The first-order valence-electron chi connectivity index (χ1n) is 10.7. The van der Waals surface area contributed by atoms with Crippen molar-refractivity contribution in [3.63, 3.8) is 0 Å². The summed E-state index contributed by atoms with van der Waals surface area (Å²) in [6.07, 6.45) is 2.03. The highest BCUT2D eigenvalue weighted by Crippen LogP contribution is 2.36. The van der Waals surface area contributed by atoms with Crippen LogP contribution in [-0.2, 0) is 30.8 Å². The van der Waals surface area contributed by atoms with Gasteiger partial charge in [0.1, 0.15) is 17.6 Å². The largest absolute Gasteiger partial charge is 0.486 e. The van der Waals surface area contributed by atoms with E-state index in [4.69, 9.17) is 14.6 Å². The van der Waals surface area contributed by atoms with E-state index in [0.29, 0.717) is 5.75 Å². The van der Waals surface area contributed by atoms with Gasteiger partial charge in [-0.25, -0.2) is 4.79 Å². The number of hydrogen-bond donors (Lipinski definition) is 1. The van der Waals surface area contributed by atoms with Crippen LogP contribution in [-0.4, -0.2) is 22.6 Å². The number of hydrogen-bond acceptors (Lipinski definition) is 4. The second-order valence-electron chi connectivity index (χ2n) is 8.25. The van der Waals surface area contributed by atoms with Crippen molar-refractivity contribution in [2.24, 2.45) is 0 Å². The summed E-state index contributed by atoms with van der Waals surface area (Å²) in [7, 11) is 0. The quantitative estimate of drug-likeness (QED) is 0.604. The molecule has 2 aliphatic rings. The number of carboxylic acid groups (broad SMARTS) is 1. The van der Waals surface area contributed by atoms with Crippen LogP contribution in [0.5, 0.6) is 11.5 Å². The van der Waals surface area contributed by atoms with E-state index in [1.54, 1.807) is 12.1 Å². The fraction of sp³-hybridized carbons (Fsp3) is 0.269. The molecule has 0 amide bonds. The summed E-state index contributed by atoms with van der Waals surface area (Å²) in [6.45, 7) is 2.66. The lowest BCUT2D eigenvalue weighted by Gasteiger charge is -2.17. The zero-order valence-corrected chi connectivity index (χ0v) is 17.3. The number of carbonyl (C=O) groups is 1. The summed E-state index contributed by atoms with van der Waals surface area (Å²) in [5.74, 6) is 0.297. The summed E-state index contributed by atoms with van der Waals surface area (Å²) in [5.41, 5.74) is 6.88. The van der Waals surface area contributed by atoms with Crippen LogP contribution in [0.4, 0.5) is 0 Å². The molecule has 31 heavy (non-hydrogen) atoms. The van der Waals surface area contributed by atoms with Gasteiger partial charge in [-0.3, -0.25) is 4.90 Å². The van der Waals surface area contributed by atoms with Gasteiger partial charge >= 0.3 is 5.97 Å². The Morgan fingerprint density at radius 3 is 2.35 bits per heavy atom. The summed E-state index contributed by atoms with van der Waals surface area (Å²) >= 11 is 0. The number of fused-ring (bicyclic) bond motifs is 2. The summed E-state index contributed by atoms with van der Waals surface area (Å²) < 4.78 is 11.4. The van der Waals surface area contributed by atoms with Crippen LogP contribution in [0.25, 0.3) is 0 Å². The minimum absolute atomic E-state index is 0.0471. The highest BCUT2D eigenvalue weighted by atomic mass is 16.5. The zero-order valence-electron chi connectivity index (χ0n) is 17.3. The van der Waals surface area contributed by atoms with Crippen molar-refractivity contribution in [3.8, 4) is 11.5 Å². The normalized spacial score (nSPS) is 17.2. The smallest absolute Gasteiger partial charge is 0.341 e. The maximum absolute atomic E-state index is 10.6. The number of aryl methyl sites for hydroxylation is 1. The van der Waals surface area contributed by atoms with Crippen LogP contribution in [0.1, 0.15) is 40.3 Å². The third kappa shape index (κ3) is 4.42. The number of carboxylic acids is 1. The molecule has 5 nitrogen and oxygen atoms in total. The van der Waals surface area contributed by atoms with Crippen molar-refractivity contribution in [2.75, 3.05) is 6.61 Å². The number of nitrogens with zero attached hydrogens (tertiary/aromatic N) is 1. The predicted molar refractivity (Wildman–Crippen MR) is 117 cm³/mol. The zero-order chi connectivity index (χ0) is 21.2. The van der Waals surface area contributed by atoms with Gasteiger partial charge in [0.05, 0.1) is 0 Å². The molecule has 158 valence electrons. The van der Waals surface area contributed by atoms with Crippen LogP contribution in [0.3, 0.4) is 0 Å². The van der Waals surface area contributed by atoms with Gasteiger partial charge in [0.15, 0.2) is 6.61 Å². The van der Waals surface area contributed by atoms with Crippen molar-refractivity contribution in [1.82, 2.24) is 4.90 Å². The molecule has 0 fully saturated rings. The molecule has 0 spiro atoms. The van der Waals surface area contributed by atoms with Gasteiger partial charge in [-0.1, -0.05) is 42.5 Å². The molecule has 1 aliphatic heterocycles. The number of benzene rings is 3. The van der Waals surface area contributed by atoms with Crippen molar-refractivity contribution >= 4 is 5.97 Å². The summed E-state index contributed by atoms with van der Waals surface area (Å²) in [6, 6.07) is 22.6. The Bertz CT molecular complexity index is 1070. The molecule has 0 aromatic heterocycles. The highest BCUT2D eigenvalue weighted by Gasteiger charge is 2.25. The third-order valence-corrected chi connectivity index (χ3v) is 6.01. The molecule has 3 aromatic rings. The Morgan fingerprint density at radius 1 is 0.935 bits per heavy atom. The van der Waals surface area contributed by atoms with Crippen LogP contribution < -0.4 is 9.47 Å². The SMILES string of the molecule is O=C(O)COc1ccc(O[C@@H]2CCc3cc(CN4Cc5ccccc5C4)ccc32)cc1. The number of aliphatic carboxylic acids is 1. The average Bonchev–Trinajstić information content (AvgIpc) is 3.36. The minimum atomic E-state index is -0.989. The molecule has 0 saturated heterocycles. The van der Waals surface area contributed by atoms with Crippen LogP contribution >= 0.6 is 0 Å². The molecule has 0 saturated carbocycles. The molecular weight excluding hydrogens is 390 g/mol. The standard InChI is InChI=1S/C26H25NO4/c28-26(29)17-30-22-7-9-23(10-8-22)31-25-12-6-19-13-18(5-11-24(19)25)14-27-15-20-3-1-2-4-21(20)16-27/h1-5,7-11,13,25H,6,12,14-17H2,(H,28,29)/t25-/m1/s1. The van der Waals surface area contributed by atoms with Gasteiger partial charge in [0.2, 0.25) is 0 Å². The highest BCUT2D eigenvalue weighted by molar-refractivity contribution is 5.68. The Hall–Kier alpha value is -3.31. The molecule has 1 N–H and O–H groups in total. The molecule has 0 bridgehead atoms. The van der Waals surface area contributed by atoms with Crippen molar-refractivity contribution in [2.45, 2.75) is 38.6 Å². The van der Waals surface area contributed by atoms with Gasteiger partial charge in [-0.2, -0.15) is 0 Å². The van der Waals surface area contributed by atoms with Crippen molar-refractivity contribution in [1.29, 1.82) is 0 Å². The Kier molecular flexibility index (Phi) is 5.35. The van der Waals surface area contributed by atoms with Crippen LogP contribution in [0.15, 0.2) is 66.7 Å². The average molecular weight is 415 g/mol. The summed E-state index contributed by atoms with van der Waals surface area (Å²) in [4.78, 5) is 13.1. The topological polar surface area (TPSA) is 59.0 Å². The number of rotatable bonds is 7. The predicted octanol–water partition coefficient (Wildman–Crippen LogP) is 4.73. The van der Waals surface area contributed by atoms with Gasteiger partial charge < -0.3 is 14.6 Å². The molecule has 1 heterocycles. The van der Waals surface area contributed by atoms with E-state index >= 15 is 0 Å². The van der Waals surface area contributed by atoms with E-state index in [1.807, 2.05) is 12.1 Å². The lowest BCUT2D eigenvalue weighted by molar-refractivity contribution is -0.139. The lowest BCUT2D eigenvalue weighted by Crippen LogP contribution is -2.15. The maximum atomic E-state index is 10.6. The van der Waals surface area contributed by atoms with Gasteiger partial charge in [0, 0.05) is 19.6 Å². The van der Waals surface area contributed by atoms with E-state index in [2.05, 4.69) is 47.4 Å². The van der Waals surface area contributed by atoms with E-state index in [1.165, 1.54) is 27.8 Å². The fourth-order valence-corrected chi connectivity index (χ4v) is 4.55. The second kappa shape index (κ2) is 8.44. The molecule has 1 atom stereocenters. The third-order valence-electron chi connectivity index (χ3n) is 6.01. The molecule has 3 aromatic carbocycles. The van der Waals surface area contributed by atoms with Gasteiger partial charge in [-0.15, -0.1) is 0 Å². The maximum Gasteiger partial charge on any atom is 0.341 e. The van der Waals surface area contributed by atoms with E-state index in [-0.39, 0.29) is 12.7 Å². The van der Waals surface area contributed by atoms with Crippen molar-refractivity contribution in [3.05, 3.63) is 94.5 Å². The molecule has 5 rings (SSSR count). The fourth-order valence-electron chi connectivity index (χ4n) is 4.55. The van der Waals surface area contributed by atoms with Gasteiger partial charge in [-0.05, 0) is 64.9 Å². The first-order valence-corrected chi connectivity index (χ1v) is 10.7. The monoisotopic (exact) mass is 415 g/mol. The molecule has 0 unspecified atom stereocenters.